The van der Waals surface area contributed by atoms with Crippen molar-refractivity contribution in [1.82, 2.24) is 24.7 Å². The molecule has 4 aromatic rings. The number of pyridine rings is 1. The minimum Gasteiger partial charge on any atom is -0.308 e. The number of halogens is 2. The van der Waals surface area contributed by atoms with Crippen LogP contribution in [0.4, 0.5) is 14.7 Å². The molecule has 0 aliphatic carbocycles. The summed E-state index contributed by atoms with van der Waals surface area (Å²) < 4.78 is 94.5. The topological polar surface area (TPSA) is 171 Å². The van der Waals surface area contributed by atoms with Crippen LogP contribution in [0.15, 0.2) is 36.5 Å². The summed E-state index contributed by atoms with van der Waals surface area (Å²) >= 11 is 0. The largest absolute Gasteiger partial charge is 0.308 e. The summed E-state index contributed by atoms with van der Waals surface area (Å²) in [7, 11) is -9.42. The van der Waals surface area contributed by atoms with Crippen molar-refractivity contribution in [3.8, 4) is 22.5 Å². The van der Waals surface area contributed by atoms with Gasteiger partial charge >= 0.3 is 0 Å². The van der Waals surface area contributed by atoms with Crippen molar-refractivity contribution in [3.63, 3.8) is 0 Å². The monoisotopic (exact) mass is 556 g/mol. The van der Waals surface area contributed by atoms with Crippen LogP contribution in [-0.4, -0.2) is 62.4 Å². The molecule has 3 aromatic heterocycles. The SMILES string of the molecule is CC(C)Cn1c(N(CS(=O)(=O)O)CS(=O)(=O)O)nc2ccc(-c3cn[nH]c3-c3ccc(F)cc3F)nc21. The molecule has 0 aliphatic heterocycles. The van der Waals surface area contributed by atoms with Gasteiger partial charge in [-0.2, -0.15) is 21.9 Å². The summed E-state index contributed by atoms with van der Waals surface area (Å²) in [6.45, 7) is 3.91. The lowest BCUT2D eigenvalue weighted by Crippen LogP contribution is -2.36. The number of anilines is 1. The molecule has 16 heteroatoms. The molecule has 3 N–H and O–H groups in total. The Balaban J connectivity index is 1.89. The Bertz CT molecular complexity index is 1650. The third-order valence-corrected chi connectivity index (χ3v) is 6.43. The number of nitrogens with zero attached hydrogens (tertiary/aromatic N) is 5. The second kappa shape index (κ2) is 9.77. The maximum Gasteiger partial charge on any atom is 0.283 e. The second-order valence-electron chi connectivity index (χ2n) is 8.70. The zero-order chi connectivity index (χ0) is 27.1. The van der Waals surface area contributed by atoms with E-state index in [-0.39, 0.29) is 40.8 Å². The van der Waals surface area contributed by atoms with Gasteiger partial charge in [0.05, 0.1) is 17.6 Å². The molecule has 0 radical (unpaired) electrons. The van der Waals surface area contributed by atoms with Crippen LogP contribution in [-0.2, 0) is 26.8 Å². The van der Waals surface area contributed by atoms with Gasteiger partial charge in [0.2, 0.25) is 5.95 Å². The number of H-pyrrole nitrogens is 1. The van der Waals surface area contributed by atoms with Crippen LogP contribution < -0.4 is 4.90 Å². The Morgan fingerprint density at radius 2 is 1.68 bits per heavy atom. The second-order valence-corrected chi connectivity index (χ2v) is 11.5. The minimum atomic E-state index is -4.71. The number of aromatic amines is 1. The Hall–Kier alpha value is -3.47. The number of rotatable bonds is 9. The van der Waals surface area contributed by atoms with Gasteiger partial charge in [-0.05, 0) is 30.2 Å². The quantitative estimate of drug-likeness (QED) is 0.260. The van der Waals surface area contributed by atoms with E-state index in [2.05, 4.69) is 20.2 Å². The Morgan fingerprint density at radius 3 is 2.27 bits per heavy atom. The van der Waals surface area contributed by atoms with Crippen molar-refractivity contribution in [1.29, 1.82) is 0 Å². The molecule has 0 atom stereocenters. The molecule has 3 heterocycles. The van der Waals surface area contributed by atoms with Crippen LogP contribution in [0.3, 0.4) is 0 Å². The predicted octanol–water partition coefficient (Wildman–Crippen LogP) is 2.92. The lowest BCUT2D eigenvalue weighted by atomic mass is 10.0. The summed E-state index contributed by atoms with van der Waals surface area (Å²) in [6.07, 6.45) is 1.40. The summed E-state index contributed by atoms with van der Waals surface area (Å²) in [5, 5.41) is 6.64. The smallest absolute Gasteiger partial charge is 0.283 e. The highest BCUT2D eigenvalue weighted by atomic mass is 32.2. The summed E-state index contributed by atoms with van der Waals surface area (Å²) in [5.74, 6) is -4.08. The average Bonchev–Trinajstić information content (AvgIpc) is 3.36. The summed E-state index contributed by atoms with van der Waals surface area (Å²) in [4.78, 5) is 9.60. The van der Waals surface area contributed by atoms with Crippen LogP contribution >= 0.6 is 0 Å². The predicted molar refractivity (Wildman–Crippen MR) is 131 cm³/mol. The first kappa shape index (κ1) is 26.6. The van der Waals surface area contributed by atoms with E-state index in [0.717, 1.165) is 12.1 Å². The molecule has 12 nitrogen and oxygen atoms in total. The van der Waals surface area contributed by atoms with Crippen molar-refractivity contribution in [2.24, 2.45) is 5.92 Å². The molecular formula is C21H22F2N6O6S2. The van der Waals surface area contributed by atoms with Gasteiger partial charge in [-0.25, -0.2) is 18.7 Å². The van der Waals surface area contributed by atoms with Crippen molar-refractivity contribution in [3.05, 3.63) is 48.2 Å². The number of nitrogens with one attached hydrogen (secondary N) is 1. The minimum absolute atomic E-state index is 0.0438. The maximum atomic E-state index is 14.5. The fourth-order valence-electron chi connectivity index (χ4n) is 3.84. The standard InChI is InChI=1S/C21H22F2N6O6S2/c1-12(2)9-29-20-18(26-21(29)28(10-36(30,31)32)11-37(33,34)35)6-5-17(25-20)15-8-24-27-19(15)14-4-3-13(22)7-16(14)23/h3-8,12H,9-11H2,1-2H3,(H,24,27)(H,30,31,32)(H,33,34,35). The molecular weight excluding hydrogens is 534 g/mol. The van der Waals surface area contributed by atoms with Gasteiger partial charge in [0.15, 0.2) is 5.65 Å². The highest BCUT2D eigenvalue weighted by Gasteiger charge is 2.27. The van der Waals surface area contributed by atoms with Crippen LogP contribution in [0.5, 0.6) is 0 Å². The Morgan fingerprint density at radius 1 is 1.00 bits per heavy atom. The van der Waals surface area contributed by atoms with Gasteiger partial charge in [-0.15, -0.1) is 0 Å². The molecule has 0 spiro atoms. The first-order chi connectivity index (χ1) is 17.2. The number of hydrogen-bond acceptors (Lipinski definition) is 8. The molecule has 1 aromatic carbocycles. The summed E-state index contributed by atoms with van der Waals surface area (Å²) in [6, 6.07) is 6.17. The molecule has 0 bridgehead atoms. The van der Waals surface area contributed by atoms with E-state index in [0.29, 0.717) is 16.2 Å². The Kier molecular flexibility index (Phi) is 7.02. The molecule has 0 saturated carbocycles. The average molecular weight is 557 g/mol. The molecule has 198 valence electrons. The third kappa shape index (κ3) is 6.10. The molecule has 0 saturated heterocycles. The molecule has 37 heavy (non-hydrogen) atoms. The van der Waals surface area contributed by atoms with Crippen LogP contribution in [0.2, 0.25) is 0 Å². The van der Waals surface area contributed by atoms with Crippen molar-refractivity contribution >= 4 is 37.3 Å². The van der Waals surface area contributed by atoms with E-state index < -0.39 is 43.6 Å². The maximum absolute atomic E-state index is 14.5. The van der Waals surface area contributed by atoms with Crippen molar-refractivity contribution < 1.29 is 34.7 Å². The number of aromatic nitrogens is 5. The van der Waals surface area contributed by atoms with Crippen molar-refractivity contribution in [2.45, 2.75) is 20.4 Å². The molecule has 0 unspecified atom stereocenters. The van der Waals surface area contributed by atoms with E-state index in [1.807, 2.05) is 13.8 Å². The van der Waals surface area contributed by atoms with Crippen LogP contribution in [0.1, 0.15) is 13.8 Å². The molecule has 0 fully saturated rings. The lowest BCUT2D eigenvalue weighted by Gasteiger charge is -2.22. The number of imidazole rings is 1. The van der Waals surface area contributed by atoms with Crippen LogP contribution in [0.25, 0.3) is 33.7 Å². The van der Waals surface area contributed by atoms with Gasteiger partial charge < -0.3 is 4.90 Å². The van der Waals surface area contributed by atoms with E-state index >= 15 is 0 Å². The third-order valence-electron chi connectivity index (χ3n) is 5.16. The first-order valence-corrected chi connectivity index (χ1v) is 14.0. The fourth-order valence-corrected chi connectivity index (χ4v) is 5.16. The van der Waals surface area contributed by atoms with E-state index in [1.54, 1.807) is 6.07 Å². The number of fused-ring (bicyclic) bond motifs is 1. The van der Waals surface area contributed by atoms with Gasteiger partial charge in [-0.3, -0.25) is 18.8 Å². The zero-order valence-electron chi connectivity index (χ0n) is 19.5. The van der Waals surface area contributed by atoms with Gasteiger partial charge in [0.25, 0.3) is 20.2 Å². The lowest BCUT2D eigenvalue weighted by molar-refractivity contribution is 0.473. The molecule has 0 aliphatic rings. The Labute approximate surface area is 210 Å². The van der Waals surface area contributed by atoms with E-state index in [4.69, 9.17) is 0 Å². The highest BCUT2D eigenvalue weighted by Crippen LogP contribution is 2.33. The van der Waals surface area contributed by atoms with Gasteiger partial charge in [-0.1, -0.05) is 13.8 Å². The van der Waals surface area contributed by atoms with Gasteiger partial charge in [0.1, 0.15) is 28.9 Å². The highest BCUT2D eigenvalue weighted by molar-refractivity contribution is 7.86. The van der Waals surface area contributed by atoms with Gasteiger partial charge in [0, 0.05) is 23.7 Å². The first-order valence-electron chi connectivity index (χ1n) is 10.7. The normalized spacial score (nSPS) is 12.5. The zero-order valence-corrected chi connectivity index (χ0v) is 21.1. The van der Waals surface area contributed by atoms with Crippen LogP contribution in [0, 0.1) is 17.6 Å². The molecule has 4 rings (SSSR count). The van der Waals surface area contributed by atoms with Crippen molar-refractivity contribution in [2.75, 3.05) is 16.7 Å². The fraction of sp³-hybridized carbons (Fsp3) is 0.286. The summed E-state index contributed by atoms with van der Waals surface area (Å²) in [5.41, 5.74) is 1.46. The van der Waals surface area contributed by atoms with E-state index in [1.165, 1.54) is 22.9 Å². The molecule has 0 amide bonds. The number of benzene rings is 1. The van der Waals surface area contributed by atoms with E-state index in [9.17, 15) is 34.7 Å². The number of hydrogen-bond donors (Lipinski definition) is 3.